The summed E-state index contributed by atoms with van der Waals surface area (Å²) in [5.41, 5.74) is 2.14. The maximum atomic E-state index is 11.7. The van der Waals surface area contributed by atoms with E-state index >= 15 is 0 Å². The molecule has 0 bridgehead atoms. The number of nitrogens with zero attached hydrogens (tertiary/aromatic N) is 1. The fourth-order valence-electron chi connectivity index (χ4n) is 1.80. The largest absolute Gasteiger partial charge is 0.355 e. The summed E-state index contributed by atoms with van der Waals surface area (Å²) in [5, 5.41) is 2.82. The van der Waals surface area contributed by atoms with Crippen LogP contribution in [0.2, 0.25) is 0 Å². The van der Waals surface area contributed by atoms with Crippen LogP contribution in [0.3, 0.4) is 0 Å². The van der Waals surface area contributed by atoms with Crippen molar-refractivity contribution in [1.82, 2.24) is 15.6 Å². The molecule has 0 spiro atoms. The summed E-state index contributed by atoms with van der Waals surface area (Å²) in [6.07, 6.45) is 0. The predicted molar refractivity (Wildman–Crippen MR) is 71.4 cm³/mol. The minimum Gasteiger partial charge on any atom is -0.355 e. The molecule has 6 nitrogen and oxygen atoms in total. The van der Waals surface area contributed by atoms with E-state index in [0.717, 1.165) is 0 Å². The molecule has 0 aliphatic heterocycles. The van der Waals surface area contributed by atoms with Crippen molar-refractivity contribution in [3.8, 4) is 0 Å². The van der Waals surface area contributed by atoms with Gasteiger partial charge in [-0.25, -0.2) is 5.84 Å². The zero-order valence-corrected chi connectivity index (χ0v) is 12.0. The normalized spacial score (nSPS) is 12.9. The number of nitrogens with two attached hydrogens (primary N) is 1. The van der Waals surface area contributed by atoms with Gasteiger partial charge in [-0.3, -0.25) is 19.9 Å². The van der Waals surface area contributed by atoms with Crippen LogP contribution in [0.25, 0.3) is 0 Å². The third-order valence-electron chi connectivity index (χ3n) is 2.62. The lowest BCUT2D eigenvalue weighted by atomic mass is 10.0. The van der Waals surface area contributed by atoms with Gasteiger partial charge in [-0.05, 0) is 18.9 Å². The average molecular weight is 258 g/mol. The molecule has 4 N–H and O–H groups in total. The highest BCUT2D eigenvalue weighted by Crippen LogP contribution is 2.08. The van der Waals surface area contributed by atoms with Crippen LogP contribution in [0.1, 0.15) is 27.7 Å². The lowest BCUT2D eigenvalue weighted by molar-refractivity contribution is -0.129. The highest BCUT2D eigenvalue weighted by Gasteiger charge is 2.27. The number of nitrogens with one attached hydrogen (secondary N) is 2. The molecule has 1 atom stereocenters. The molecule has 0 saturated heterocycles. The fourth-order valence-corrected chi connectivity index (χ4v) is 1.80. The van der Waals surface area contributed by atoms with Crippen molar-refractivity contribution in [3.63, 3.8) is 0 Å². The van der Waals surface area contributed by atoms with Crippen LogP contribution >= 0.6 is 0 Å². The number of hydrogen-bond donors (Lipinski definition) is 3. The van der Waals surface area contributed by atoms with E-state index in [1.165, 1.54) is 0 Å². The lowest BCUT2D eigenvalue weighted by Gasteiger charge is -2.28. The molecule has 2 amide bonds. The van der Waals surface area contributed by atoms with Gasteiger partial charge in [-0.15, -0.1) is 0 Å². The van der Waals surface area contributed by atoms with Gasteiger partial charge < -0.3 is 5.32 Å². The van der Waals surface area contributed by atoms with E-state index in [0.29, 0.717) is 12.5 Å². The van der Waals surface area contributed by atoms with Crippen LogP contribution in [0, 0.1) is 11.8 Å². The summed E-state index contributed by atoms with van der Waals surface area (Å²) >= 11 is 0. The first-order valence-electron chi connectivity index (χ1n) is 6.27. The maximum Gasteiger partial charge on any atom is 0.251 e. The Balaban J connectivity index is 4.38. The number of hydrazine groups is 1. The van der Waals surface area contributed by atoms with Gasteiger partial charge in [-0.1, -0.05) is 27.7 Å². The van der Waals surface area contributed by atoms with E-state index in [-0.39, 0.29) is 24.3 Å². The van der Waals surface area contributed by atoms with Gasteiger partial charge in [0.15, 0.2) is 0 Å². The van der Waals surface area contributed by atoms with Gasteiger partial charge in [0.2, 0.25) is 5.91 Å². The highest BCUT2D eigenvalue weighted by atomic mass is 16.2. The smallest absolute Gasteiger partial charge is 0.251 e. The summed E-state index contributed by atoms with van der Waals surface area (Å²) in [5.74, 6) is 5.29. The lowest BCUT2D eigenvalue weighted by Crippen LogP contribution is -2.52. The number of likely N-dealkylation sites (N-methyl/N-ethyl adjacent to an activating group) is 1. The Morgan fingerprint density at radius 3 is 2.17 bits per heavy atom. The topological polar surface area (TPSA) is 87.5 Å². The van der Waals surface area contributed by atoms with E-state index in [1.807, 2.05) is 27.7 Å². The van der Waals surface area contributed by atoms with Crippen LogP contribution < -0.4 is 16.6 Å². The first-order valence-corrected chi connectivity index (χ1v) is 6.27. The molecule has 0 aromatic carbocycles. The Kier molecular flexibility index (Phi) is 7.54. The van der Waals surface area contributed by atoms with Crippen molar-refractivity contribution in [2.75, 3.05) is 20.1 Å². The van der Waals surface area contributed by atoms with Crippen molar-refractivity contribution in [2.24, 2.45) is 17.7 Å². The van der Waals surface area contributed by atoms with Gasteiger partial charge in [0.05, 0.1) is 12.6 Å². The van der Waals surface area contributed by atoms with Crippen molar-refractivity contribution < 1.29 is 9.59 Å². The Hall–Kier alpha value is -1.14. The Morgan fingerprint density at radius 1 is 1.22 bits per heavy atom. The average Bonchev–Trinajstić information content (AvgIpc) is 2.25. The number of hydrogen-bond acceptors (Lipinski definition) is 4. The third kappa shape index (κ3) is 5.97. The minimum atomic E-state index is -0.403. The third-order valence-corrected chi connectivity index (χ3v) is 2.62. The van der Waals surface area contributed by atoms with Gasteiger partial charge in [0.25, 0.3) is 5.91 Å². The predicted octanol–water partition coefficient (Wildman–Crippen LogP) is -0.295. The first-order chi connectivity index (χ1) is 8.29. The van der Waals surface area contributed by atoms with Gasteiger partial charge in [0, 0.05) is 6.54 Å². The molecule has 0 rings (SSSR count). The zero-order chi connectivity index (χ0) is 14.3. The molecule has 106 valence electrons. The minimum absolute atomic E-state index is 0.0800. The molecule has 0 aromatic heterocycles. The molecule has 1 unspecified atom stereocenters. The van der Waals surface area contributed by atoms with Crippen LogP contribution in [0.4, 0.5) is 0 Å². The standard InChI is InChI=1S/C12H26N4O2/c1-8(2)6-14-10(17)7-16(5)11(9(3)4)12(18)15-13/h8-9,11H,6-7,13H2,1-5H3,(H,14,17)(H,15,18). The highest BCUT2D eigenvalue weighted by molar-refractivity contribution is 5.83. The fraction of sp³-hybridized carbons (Fsp3) is 0.833. The molecule has 0 saturated carbocycles. The number of carbonyl (C=O) groups is 2. The van der Waals surface area contributed by atoms with Crippen molar-refractivity contribution in [3.05, 3.63) is 0 Å². The zero-order valence-electron chi connectivity index (χ0n) is 12.0. The molecule has 6 heteroatoms. The summed E-state index contributed by atoms with van der Waals surface area (Å²) in [7, 11) is 1.74. The summed E-state index contributed by atoms with van der Waals surface area (Å²) in [6.45, 7) is 8.72. The first kappa shape index (κ1) is 16.9. The van der Waals surface area contributed by atoms with E-state index in [2.05, 4.69) is 10.7 Å². The molecule has 0 heterocycles. The van der Waals surface area contributed by atoms with E-state index in [9.17, 15) is 9.59 Å². The molecule has 0 aliphatic rings. The number of amides is 2. The second kappa shape index (κ2) is 8.05. The molecule has 0 radical (unpaired) electrons. The van der Waals surface area contributed by atoms with E-state index in [1.54, 1.807) is 11.9 Å². The monoisotopic (exact) mass is 258 g/mol. The molecule has 0 aliphatic carbocycles. The molecule has 0 fully saturated rings. The summed E-state index contributed by atoms with van der Waals surface area (Å²) in [4.78, 5) is 25.0. The quantitative estimate of drug-likeness (QED) is 0.332. The number of carbonyl (C=O) groups excluding carboxylic acids is 2. The van der Waals surface area contributed by atoms with Crippen LogP contribution in [0.5, 0.6) is 0 Å². The second-order valence-electron chi connectivity index (χ2n) is 5.31. The number of rotatable bonds is 7. The molecule has 0 aromatic rings. The van der Waals surface area contributed by atoms with Crippen LogP contribution in [0.15, 0.2) is 0 Å². The summed E-state index contributed by atoms with van der Waals surface area (Å²) < 4.78 is 0. The van der Waals surface area contributed by atoms with Crippen molar-refractivity contribution in [2.45, 2.75) is 33.7 Å². The molecular weight excluding hydrogens is 232 g/mol. The van der Waals surface area contributed by atoms with Gasteiger partial charge >= 0.3 is 0 Å². The second-order valence-corrected chi connectivity index (χ2v) is 5.31. The Labute approximate surface area is 109 Å². The van der Waals surface area contributed by atoms with Crippen molar-refractivity contribution in [1.29, 1.82) is 0 Å². The van der Waals surface area contributed by atoms with Crippen LogP contribution in [-0.4, -0.2) is 42.9 Å². The van der Waals surface area contributed by atoms with Gasteiger partial charge in [-0.2, -0.15) is 0 Å². The van der Waals surface area contributed by atoms with E-state index in [4.69, 9.17) is 5.84 Å². The van der Waals surface area contributed by atoms with Gasteiger partial charge in [0.1, 0.15) is 0 Å². The van der Waals surface area contributed by atoms with Crippen LogP contribution in [-0.2, 0) is 9.59 Å². The molecular formula is C12H26N4O2. The SMILES string of the molecule is CC(C)CNC(=O)CN(C)C(C(=O)NN)C(C)C. The maximum absolute atomic E-state index is 11.7. The molecule has 18 heavy (non-hydrogen) atoms. The van der Waals surface area contributed by atoms with Crippen molar-refractivity contribution >= 4 is 11.8 Å². The Bertz CT molecular complexity index is 279. The Morgan fingerprint density at radius 2 is 1.78 bits per heavy atom. The van der Waals surface area contributed by atoms with E-state index < -0.39 is 6.04 Å². The summed E-state index contributed by atoms with van der Waals surface area (Å²) in [6, 6.07) is -0.403.